The first-order chi connectivity index (χ1) is 15.6. The maximum Gasteiger partial charge on any atom is 0.303 e. The molecule has 0 saturated carbocycles. The first-order valence-corrected chi connectivity index (χ1v) is 10.4. The standard InChI is InChI=1S/C23H29NO9/c1-6-7-17-8-10-18(11-9-17)32-23-20(24-13(2)25)22(31-16(5)28)21(30-15(4)27)19(33-23)12-29-14(3)26/h6,8-11,19-23H,1,7,12H2,2-5H3,(H,24,25)/t19-,20-,21-,22-,23-/m1/s1. The smallest absolute Gasteiger partial charge is 0.303 e. The lowest BCUT2D eigenvalue weighted by Gasteiger charge is -2.44. The van der Waals surface area contributed by atoms with E-state index < -0.39 is 54.5 Å². The van der Waals surface area contributed by atoms with Crippen LogP contribution in [0.3, 0.4) is 0 Å². The van der Waals surface area contributed by atoms with Gasteiger partial charge < -0.3 is 29.0 Å². The average molecular weight is 463 g/mol. The van der Waals surface area contributed by atoms with E-state index in [2.05, 4.69) is 11.9 Å². The van der Waals surface area contributed by atoms with Crippen LogP contribution in [0.4, 0.5) is 0 Å². The third kappa shape index (κ3) is 7.90. The Bertz CT molecular complexity index is 867. The van der Waals surface area contributed by atoms with Crippen molar-refractivity contribution < 1.29 is 42.9 Å². The van der Waals surface area contributed by atoms with Gasteiger partial charge in [0.1, 0.15) is 24.5 Å². The molecule has 0 unspecified atom stereocenters. The molecule has 2 rings (SSSR count). The Kier molecular flexibility index (Phi) is 9.41. The number of benzene rings is 1. The molecular formula is C23H29NO9. The molecule has 1 amide bonds. The van der Waals surface area contributed by atoms with Crippen molar-refractivity contribution in [3.05, 3.63) is 42.5 Å². The molecule has 1 aliphatic heterocycles. The Labute approximate surface area is 192 Å². The molecular weight excluding hydrogens is 434 g/mol. The summed E-state index contributed by atoms with van der Waals surface area (Å²) in [5.41, 5.74) is 1.01. The van der Waals surface area contributed by atoms with Crippen molar-refractivity contribution in [2.45, 2.75) is 64.8 Å². The van der Waals surface area contributed by atoms with E-state index in [1.807, 2.05) is 12.1 Å². The molecule has 33 heavy (non-hydrogen) atoms. The van der Waals surface area contributed by atoms with Crippen LogP contribution in [-0.2, 0) is 44.5 Å². The summed E-state index contributed by atoms with van der Waals surface area (Å²) in [6, 6.07) is 6.08. The molecule has 1 saturated heterocycles. The summed E-state index contributed by atoms with van der Waals surface area (Å²) >= 11 is 0. The number of allylic oxidation sites excluding steroid dienone is 1. The molecule has 180 valence electrons. The Balaban J connectivity index is 2.41. The molecule has 5 atom stereocenters. The molecule has 1 heterocycles. The number of carbonyl (C=O) groups is 4. The van der Waals surface area contributed by atoms with Crippen LogP contribution in [0.15, 0.2) is 36.9 Å². The van der Waals surface area contributed by atoms with Crippen molar-refractivity contribution in [1.82, 2.24) is 5.32 Å². The average Bonchev–Trinajstić information content (AvgIpc) is 2.71. The van der Waals surface area contributed by atoms with Crippen LogP contribution in [0.1, 0.15) is 33.3 Å². The summed E-state index contributed by atoms with van der Waals surface area (Å²) in [5.74, 6) is -1.96. The molecule has 10 nitrogen and oxygen atoms in total. The Morgan fingerprint density at radius 1 is 0.970 bits per heavy atom. The maximum atomic E-state index is 11.9. The van der Waals surface area contributed by atoms with Gasteiger partial charge in [-0.15, -0.1) is 6.58 Å². The molecule has 0 radical (unpaired) electrons. The quantitative estimate of drug-likeness (QED) is 0.329. The summed E-state index contributed by atoms with van der Waals surface area (Å²) in [7, 11) is 0. The van der Waals surface area contributed by atoms with E-state index in [0.717, 1.165) is 5.56 Å². The van der Waals surface area contributed by atoms with Crippen molar-refractivity contribution in [3.63, 3.8) is 0 Å². The van der Waals surface area contributed by atoms with Gasteiger partial charge in [-0.2, -0.15) is 0 Å². The minimum Gasteiger partial charge on any atom is -0.463 e. The third-order valence-electron chi connectivity index (χ3n) is 4.63. The van der Waals surface area contributed by atoms with Crippen molar-refractivity contribution in [1.29, 1.82) is 0 Å². The molecule has 0 spiro atoms. The number of esters is 3. The first kappa shape index (κ1) is 25.9. The minimum atomic E-state index is -1.17. The highest BCUT2D eigenvalue weighted by molar-refractivity contribution is 5.73. The van der Waals surface area contributed by atoms with Crippen LogP contribution < -0.4 is 10.1 Å². The summed E-state index contributed by atoms with van der Waals surface area (Å²) in [6.45, 7) is 8.25. The Morgan fingerprint density at radius 2 is 1.58 bits per heavy atom. The predicted octanol–water partition coefficient (Wildman–Crippen LogP) is 1.45. The number of hydrogen-bond acceptors (Lipinski definition) is 9. The number of carbonyl (C=O) groups excluding carboxylic acids is 4. The fourth-order valence-corrected chi connectivity index (χ4v) is 3.40. The normalized spacial score (nSPS) is 24.2. The first-order valence-electron chi connectivity index (χ1n) is 10.4. The lowest BCUT2D eigenvalue weighted by atomic mass is 9.96. The third-order valence-corrected chi connectivity index (χ3v) is 4.63. The highest BCUT2D eigenvalue weighted by atomic mass is 16.7. The number of ether oxygens (including phenoxy) is 5. The Hall–Kier alpha value is -3.40. The van der Waals surface area contributed by atoms with Gasteiger partial charge in [0.15, 0.2) is 12.2 Å². The zero-order valence-corrected chi connectivity index (χ0v) is 19.1. The summed E-state index contributed by atoms with van der Waals surface area (Å²) in [4.78, 5) is 46.9. The van der Waals surface area contributed by atoms with Crippen LogP contribution in [0.25, 0.3) is 0 Å². The minimum absolute atomic E-state index is 0.296. The van der Waals surface area contributed by atoms with Gasteiger partial charge in [0, 0.05) is 27.7 Å². The van der Waals surface area contributed by atoms with Crippen molar-refractivity contribution in [3.8, 4) is 5.75 Å². The van der Waals surface area contributed by atoms with Crippen LogP contribution in [0.5, 0.6) is 5.75 Å². The van der Waals surface area contributed by atoms with E-state index >= 15 is 0 Å². The van der Waals surface area contributed by atoms with Crippen molar-refractivity contribution in [2.75, 3.05) is 6.61 Å². The van der Waals surface area contributed by atoms with Gasteiger partial charge in [0.25, 0.3) is 0 Å². The number of rotatable bonds is 9. The van der Waals surface area contributed by atoms with Gasteiger partial charge in [-0.05, 0) is 24.1 Å². The summed E-state index contributed by atoms with van der Waals surface area (Å²) in [5, 5.41) is 2.65. The van der Waals surface area contributed by atoms with Crippen LogP contribution >= 0.6 is 0 Å². The molecule has 0 bridgehead atoms. The van der Waals surface area contributed by atoms with E-state index in [4.69, 9.17) is 23.7 Å². The lowest BCUT2D eigenvalue weighted by Crippen LogP contribution is -2.67. The zero-order valence-electron chi connectivity index (χ0n) is 19.1. The van der Waals surface area contributed by atoms with E-state index in [1.54, 1.807) is 18.2 Å². The van der Waals surface area contributed by atoms with Gasteiger partial charge in [-0.3, -0.25) is 19.2 Å². The zero-order chi connectivity index (χ0) is 24.5. The van der Waals surface area contributed by atoms with E-state index in [9.17, 15) is 19.2 Å². The molecule has 1 N–H and O–H groups in total. The van der Waals surface area contributed by atoms with Gasteiger partial charge in [-0.1, -0.05) is 18.2 Å². The molecule has 1 aromatic carbocycles. The SMILES string of the molecule is C=CCc1ccc(O[C@@H]2O[C@H](COC(C)=O)[C@@H](OC(C)=O)[C@H](OC(C)=O)[C@H]2NC(C)=O)cc1. The largest absolute Gasteiger partial charge is 0.463 e. The van der Waals surface area contributed by atoms with Gasteiger partial charge in [0.05, 0.1) is 0 Å². The second-order valence-electron chi connectivity index (χ2n) is 7.47. The lowest BCUT2D eigenvalue weighted by molar-refractivity contribution is -0.257. The van der Waals surface area contributed by atoms with E-state index in [-0.39, 0.29) is 6.61 Å². The summed E-state index contributed by atoms with van der Waals surface area (Å²) < 4.78 is 27.8. The molecule has 0 aromatic heterocycles. The summed E-state index contributed by atoms with van der Waals surface area (Å²) in [6.07, 6.45) is -2.08. The van der Waals surface area contributed by atoms with Gasteiger partial charge in [0.2, 0.25) is 12.2 Å². The highest BCUT2D eigenvalue weighted by Gasteiger charge is 2.51. The molecule has 1 aliphatic rings. The number of nitrogens with one attached hydrogen (secondary N) is 1. The van der Waals surface area contributed by atoms with Crippen LogP contribution in [-0.4, -0.2) is 61.1 Å². The fourth-order valence-electron chi connectivity index (χ4n) is 3.40. The second kappa shape index (κ2) is 12.0. The number of amides is 1. The Morgan fingerprint density at radius 3 is 2.09 bits per heavy atom. The number of hydrogen-bond donors (Lipinski definition) is 1. The topological polar surface area (TPSA) is 126 Å². The maximum absolute atomic E-state index is 11.9. The monoisotopic (exact) mass is 463 g/mol. The van der Waals surface area contributed by atoms with Gasteiger partial charge in [-0.25, -0.2) is 0 Å². The van der Waals surface area contributed by atoms with Crippen molar-refractivity contribution in [2.24, 2.45) is 0 Å². The fraction of sp³-hybridized carbons (Fsp3) is 0.478. The molecule has 1 aromatic rings. The highest BCUT2D eigenvalue weighted by Crippen LogP contribution is 2.29. The molecule has 0 aliphatic carbocycles. The van der Waals surface area contributed by atoms with Crippen LogP contribution in [0, 0.1) is 0 Å². The van der Waals surface area contributed by atoms with Crippen LogP contribution in [0.2, 0.25) is 0 Å². The second-order valence-corrected chi connectivity index (χ2v) is 7.47. The predicted molar refractivity (Wildman–Crippen MR) is 115 cm³/mol. The van der Waals surface area contributed by atoms with Gasteiger partial charge >= 0.3 is 17.9 Å². The van der Waals surface area contributed by atoms with E-state index in [1.165, 1.54) is 27.7 Å². The van der Waals surface area contributed by atoms with Crippen molar-refractivity contribution >= 4 is 23.8 Å². The molecule has 1 fully saturated rings. The van der Waals surface area contributed by atoms with E-state index in [0.29, 0.717) is 12.2 Å². The molecule has 10 heteroatoms.